The maximum atomic E-state index is 14.2. The van der Waals surface area contributed by atoms with Crippen LogP contribution in [0.1, 0.15) is 18.4 Å². The zero-order valence-electron chi connectivity index (χ0n) is 10.5. The van der Waals surface area contributed by atoms with Crippen molar-refractivity contribution in [2.45, 2.75) is 19.3 Å². The minimum Gasteiger partial charge on any atom is -0.381 e. The highest BCUT2D eigenvalue weighted by Gasteiger charge is 2.32. The number of ether oxygens (including phenoxy) is 1. The van der Waals surface area contributed by atoms with Crippen LogP contribution in [0.5, 0.6) is 0 Å². The number of carbonyl (C=O) groups is 1. The topological polar surface area (TPSA) is 29.5 Å². The summed E-state index contributed by atoms with van der Waals surface area (Å²) in [6.07, 6.45) is 2.43. The van der Waals surface area contributed by atoms with E-state index in [1.54, 1.807) is 4.90 Å². The molecule has 2 aliphatic rings. The molecule has 1 aromatic rings. The highest BCUT2D eigenvalue weighted by Crippen LogP contribution is 2.34. The molecule has 2 heterocycles. The van der Waals surface area contributed by atoms with Crippen molar-refractivity contribution >= 4 is 27.5 Å². The summed E-state index contributed by atoms with van der Waals surface area (Å²) >= 11 is 3.30. The summed E-state index contributed by atoms with van der Waals surface area (Å²) in [5.41, 5.74) is 1.37. The molecule has 0 bridgehead atoms. The number of aryl methyl sites for hydroxylation is 1. The van der Waals surface area contributed by atoms with Gasteiger partial charge in [0.25, 0.3) is 0 Å². The summed E-state index contributed by atoms with van der Waals surface area (Å²) in [6.45, 7) is 1.68. The Bertz CT molecular complexity index is 514. The van der Waals surface area contributed by atoms with Crippen molar-refractivity contribution in [2.75, 3.05) is 24.7 Å². The van der Waals surface area contributed by atoms with Gasteiger partial charge in [-0.05, 0) is 37.0 Å². The molecule has 1 aromatic carbocycles. The van der Waals surface area contributed by atoms with Crippen LogP contribution in [0.4, 0.5) is 10.1 Å². The van der Waals surface area contributed by atoms with E-state index in [1.807, 2.05) is 6.07 Å². The molecule has 19 heavy (non-hydrogen) atoms. The molecule has 5 heteroatoms. The third-order valence-electron chi connectivity index (χ3n) is 3.75. The average Bonchev–Trinajstić information content (AvgIpc) is 2.90. The number of fused-ring (bicyclic) bond motifs is 1. The van der Waals surface area contributed by atoms with Crippen LogP contribution in [-0.2, 0) is 16.0 Å². The van der Waals surface area contributed by atoms with Crippen LogP contribution in [-0.4, -0.2) is 25.7 Å². The first-order valence-corrected chi connectivity index (χ1v) is 7.33. The van der Waals surface area contributed by atoms with Gasteiger partial charge in [-0.25, -0.2) is 4.39 Å². The highest BCUT2D eigenvalue weighted by atomic mass is 79.9. The first-order chi connectivity index (χ1) is 9.16. The van der Waals surface area contributed by atoms with Crippen molar-refractivity contribution in [3.8, 4) is 0 Å². The summed E-state index contributed by atoms with van der Waals surface area (Å²) in [5.74, 6) is -0.440. The number of hydrogen-bond donors (Lipinski definition) is 0. The molecule has 3 rings (SSSR count). The monoisotopic (exact) mass is 327 g/mol. The van der Waals surface area contributed by atoms with Crippen LogP contribution in [0.3, 0.4) is 0 Å². The molecule has 1 atom stereocenters. The second-order valence-corrected chi connectivity index (χ2v) is 5.96. The lowest BCUT2D eigenvalue weighted by Gasteiger charge is -2.31. The molecule has 0 spiro atoms. The third kappa shape index (κ3) is 2.41. The van der Waals surface area contributed by atoms with Crippen molar-refractivity contribution in [1.29, 1.82) is 0 Å². The zero-order chi connectivity index (χ0) is 13.4. The molecule has 0 aliphatic carbocycles. The molecule has 1 amide bonds. The summed E-state index contributed by atoms with van der Waals surface area (Å²) in [4.78, 5) is 14.1. The van der Waals surface area contributed by atoms with Crippen molar-refractivity contribution in [1.82, 2.24) is 0 Å². The van der Waals surface area contributed by atoms with Crippen molar-refractivity contribution in [2.24, 2.45) is 5.92 Å². The van der Waals surface area contributed by atoms with E-state index in [2.05, 4.69) is 15.9 Å². The van der Waals surface area contributed by atoms with Crippen LogP contribution in [0.25, 0.3) is 0 Å². The maximum Gasteiger partial charge on any atom is 0.232 e. The van der Waals surface area contributed by atoms with Gasteiger partial charge in [0.05, 0.1) is 18.2 Å². The SMILES string of the molecule is O=C([C@@H]1CCOC1)N1CCCc2cc(Br)cc(F)c21. The van der Waals surface area contributed by atoms with Crippen LogP contribution < -0.4 is 4.90 Å². The van der Waals surface area contributed by atoms with Crippen LogP contribution in [0.2, 0.25) is 0 Å². The molecule has 0 unspecified atom stereocenters. The predicted octanol–water partition coefficient (Wildman–Crippen LogP) is 2.90. The fraction of sp³-hybridized carbons (Fsp3) is 0.500. The Hall–Kier alpha value is -0.940. The number of hydrogen-bond acceptors (Lipinski definition) is 2. The Morgan fingerprint density at radius 3 is 3.05 bits per heavy atom. The van der Waals surface area contributed by atoms with Gasteiger partial charge >= 0.3 is 0 Å². The second kappa shape index (κ2) is 5.21. The van der Waals surface area contributed by atoms with Gasteiger partial charge in [-0.1, -0.05) is 15.9 Å². The van der Waals surface area contributed by atoms with Gasteiger partial charge < -0.3 is 9.64 Å². The van der Waals surface area contributed by atoms with Gasteiger partial charge in [0.1, 0.15) is 5.82 Å². The number of nitrogens with zero attached hydrogens (tertiary/aromatic N) is 1. The summed E-state index contributed by atoms with van der Waals surface area (Å²) < 4.78 is 20.2. The lowest BCUT2D eigenvalue weighted by Crippen LogP contribution is -2.40. The zero-order valence-corrected chi connectivity index (χ0v) is 12.1. The Balaban J connectivity index is 1.95. The highest BCUT2D eigenvalue weighted by molar-refractivity contribution is 9.10. The molecule has 0 radical (unpaired) electrons. The largest absolute Gasteiger partial charge is 0.381 e. The van der Waals surface area contributed by atoms with E-state index >= 15 is 0 Å². The van der Waals surface area contributed by atoms with E-state index in [0.717, 1.165) is 29.3 Å². The van der Waals surface area contributed by atoms with Crippen LogP contribution in [0.15, 0.2) is 16.6 Å². The molecule has 0 N–H and O–H groups in total. The quantitative estimate of drug-likeness (QED) is 0.793. The second-order valence-electron chi connectivity index (χ2n) is 5.05. The minimum absolute atomic E-state index is 0.000303. The van der Waals surface area contributed by atoms with Crippen molar-refractivity contribution < 1.29 is 13.9 Å². The molecule has 1 saturated heterocycles. The standard InChI is InChI=1S/C14H15BrFNO2/c15-11-6-9-2-1-4-17(13(9)12(16)7-11)14(18)10-3-5-19-8-10/h6-7,10H,1-5,8H2/t10-/m1/s1. The fourth-order valence-corrected chi connectivity index (χ4v) is 3.30. The van der Waals surface area contributed by atoms with Gasteiger partial charge in [0, 0.05) is 17.6 Å². The summed E-state index contributed by atoms with van der Waals surface area (Å²) in [6, 6.07) is 3.33. The first kappa shape index (κ1) is 13.1. The van der Waals surface area contributed by atoms with Crippen LogP contribution >= 0.6 is 15.9 Å². The van der Waals surface area contributed by atoms with E-state index in [0.29, 0.717) is 25.4 Å². The van der Waals surface area contributed by atoms with E-state index in [9.17, 15) is 9.18 Å². The Kier molecular flexibility index (Phi) is 3.58. The van der Waals surface area contributed by atoms with Gasteiger partial charge in [0.2, 0.25) is 5.91 Å². The van der Waals surface area contributed by atoms with Gasteiger partial charge in [-0.15, -0.1) is 0 Å². The molecule has 102 valence electrons. The molecule has 0 aromatic heterocycles. The summed E-state index contributed by atoms with van der Waals surface area (Å²) in [5, 5.41) is 0. The van der Waals surface area contributed by atoms with Gasteiger partial charge in [-0.3, -0.25) is 4.79 Å². The van der Waals surface area contributed by atoms with E-state index in [4.69, 9.17) is 4.74 Å². The number of carbonyl (C=O) groups excluding carboxylic acids is 1. The van der Waals surface area contributed by atoms with Crippen LogP contribution in [0, 0.1) is 11.7 Å². The van der Waals surface area contributed by atoms with Crippen molar-refractivity contribution in [3.63, 3.8) is 0 Å². The van der Waals surface area contributed by atoms with Crippen molar-refractivity contribution in [3.05, 3.63) is 28.0 Å². The van der Waals surface area contributed by atoms with E-state index in [1.165, 1.54) is 6.07 Å². The number of benzene rings is 1. The summed E-state index contributed by atoms with van der Waals surface area (Å²) in [7, 11) is 0. The Morgan fingerprint density at radius 1 is 1.47 bits per heavy atom. The maximum absolute atomic E-state index is 14.2. The number of halogens is 2. The van der Waals surface area contributed by atoms with Gasteiger partial charge in [0.15, 0.2) is 0 Å². The molecule has 2 aliphatic heterocycles. The number of anilines is 1. The molecular weight excluding hydrogens is 313 g/mol. The minimum atomic E-state index is -0.323. The molecule has 1 fully saturated rings. The number of rotatable bonds is 1. The predicted molar refractivity (Wildman–Crippen MR) is 73.7 cm³/mol. The average molecular weight is 328 g/mol. The van der Waals surface area contributed by atoms with E-state index in [-0.39, 0.29) is 17.6 Å². The first-order valence-electron chi connectivity index (χ1n) is 6.54. The molecule has 3 nitrogen and oxygen atoms in total. The lowest BCUT2D eigenvalue weighted by molar-refractivity contribution is -0.122. The Morgan fingerprint density at radius 2 is 2.32 bits per heavy atom. The lowest BCUT2D eigenvalue weighted by atomic mass is 9.98. The normalized spacial score (nSPS) is 22.4. The third-order valence-corrected chi connectivity index (χ3v) is 4.21. The fourth-order valence-electron chi connectivity index (χ4n) is 2.82. The van der Waals surface area contributed by atoms with E-state index < -0.39 is 0 Å². The smallest absolute Gasteiger partial charge is 0.232 e. The van der Waals surface area contributed by atoms with Gasteiger partial charge in [-0.2, -0.15) is 0 Å². The Labute approximate surface area is 119 Å². The number of amides is 1. The molecule has 0 saturated carbocycles. The molecular formula is C14H15BrFNO2.